The lowest BCUT2D eigenvalue weighted by atomic mass is 10.3. The molecule has 0 bridgehead atoms. The Morgan fingerprint density at radius 3 is 2.55 bits per heavy atom. The van der Waals surface area contributed by atoms with E-state index in [4.69, 9.17) is 4.74 Å². The Labute approximate surface area is 183 Å². The van der Waals surface area contributed by atoms with Gasteiger partial charge in [-0.2, -0.15) is 0 Å². The van der Waals surface area contributed by atoms with Gasteiger partial charge in [0, 0.05) is 25.0 Å². The number of hydrogen-bond acceptors (Lipinski definition) is 7. The lowest BCUT2D eigenvalue weighted by molar-refractivity contribution is 0.0834. The molecule has 0 radical (unpaired) electrons. The van der Waals surface area contributed by atoms with Crippen molar-refractivity contribution in [1.29, 1.82) is 0 Å². The van der Waals surface area contributed by atoms with Gasteiger partial charge in [0.05, 0.1) is 35.2 Å². The standard InChI is InChI=1S/C21H28N6O3S/c1-5-27-16(4)23-14-20(27)19-10-11-22-21(26-19)25-17-6-8-18(9-7-17)31(28,29)24-12-13-30-15(2)3/h6-11,14-15,24H,5,12-13H2,1-4H3,(H,22,25,26). The lowest BCUT2D eigenvalue weighted by Gasteiger charge is -2.11. The summed E-state index contributed by atoms with van der Waals surface area (Å²) in [6, 6.07) is 8.25. The molecule has 0 spiro atoms. The smallest absolute Gasteiger partial charge is 0.240 e. The first-order valence-electron chi connectivity index (χ1n) is 10.1. The first-order valence-corrected chi connectivity index (χ1v) is 11.6. The molecule has 3 aromatic rings. The van der Waals surface area contributed by atoms with Gasteiger partial charge in [0.1, 0.15) is 5.82 Å². The van der Waals surface area contributed by atoms with E-state index in [1.807, 2.05) is 26.8 Å². The minimum atomic E-state index is -3.59. The molecule has 10 heteroatoms. The molecular formula is C21H28N6O3S. The number of aromatic nitrogens is 4. The molecule has 3 rings (SSSR count). The predicted octanol–water partition coefficient (Wildman–Crippen LogP) is 3.12. The number of rotatable bonds is 10. The van der Waals surface area contributed by atoms with Gasteiger partial charge in [0.25, 0.3) is 0 Å². The molecule has 0 aliphatic carbocycles. The topological polar surface area (TPSA) is 111 Å². The molecule has 2 heterocycles. The molecule has 0 aliphatic heterocycles. The van der Waals surface area contributed by atoms with Gasteiger partial charge in [0.2, 0.25) is 16.0 Å². The van der Waals surface area contributed by atoms with Crippen molar-refractivity contribution in [2.24, 2.45) is 0 Å². The summed E-state index contributed by atoms with van der Waals surface area (Å²) >= 11 is 0. The average molecular weight is 445 g/mol. The average Bonchev–Trinajstić information content (AvgIpc) is 3.12. The molecule has 0 atom stereocenters. The second-order valence-corrected chi connectivity index (χ2v) is 8.93. The van der Waals surface area contributed by atoms with Gasteiger partial charge in [0.15, 0.2) is 0 Å². The SMILES string of the molecule is CCn1c(-c2ccnc(Nc3ccc(S(=O)(=O)NCCOC(C)C)cc3)n2)cnc1C. The van der Waals surface area contributed by atoms with Crippen LogP contribution in [0.2, 0.25) is 0 Å². The number of imidazole rings is 1. The maximum Gasteiger partial charge on any atom is 0.240 e. The van der Waals surface area contributed by atoms with Crippen LogP contribution in [0.4, 0.5) is 11.6 Å². The van der Waals surface area contributed by atoms with Crippen LogP contribution in [0.3, 0.4) is 0 Å². The summed E-state index contributed by atoms with van der Waals surface area (Å²) in [7, 11) is -3.59. The Hall–Kier alpha value is -2.82. The molecule has 0 unspecified atom stereocenters. The van der Waals surface area contributed by atoms with Crippen LogP contribution in [0.5, 0.6) is 0 Å². The fourth-order valence-corrected chi connectivity index (χ4v) is 4.05. The Morgan fingerprint density at radius 1 is 1.13 bits per heavy atom. The summed E-state index contributed by atoms with van der Waals surface area (Å²) in [6.07, 6.45) is 3.53. The van der Waals surface area contributed by atoms with Crippen molar-refractivity contribution < 1.29 is 13.2 Å². The van der Waals surface area contributed by atoms with E-state index in [1.165, 1.54) is 12.1 Å². The number of aryl methyl sites for hydroxylation is 1. The number of nitrogens with one attached hydrogen (secondary N) is 2. The van der Waals surface area contributed by atoms with Gasteiger partial charge in [-0.25, -0.2) is 28.1 Å². The summed E-state index contributed by atoms with van der Waals surface area (Å²) in [5.74, 6) is 1.34. The van der Waals surface area contributed by atoms with Crippen molar-refractivity contribution in [3.8, 4) is 11.4 Å². The van der Waals surface area contributed by atoms with Crippen molar-refractivity contribution in [1.82, 2.24) is 24.2 Å². The van der Waals surface area contributed by atoms with E-state index < -0.39 is 10.0 Å². The van der Waals surface area contributed by atoms with Crippen LogP contribution in [0, 0.1) is 6.92 Å². The van der Waals surface area contributed by atoms with Crippen LogP contribution in [0.1, 0.15) is 26.6 Å². The summed E-state index contributed by atoms with van der Waals surface area (Å²) in [6.45, 7) is 9.14. The highest BCUT2D eigenvalue weighted by Gasteiger charge is 2.14. The molecule has 31 heavy (non-hydrogen) atoms. The molecule has 9 nitrogen and oxygen atoms in total. The lowest BCUT2D eigenvalue weighted by Crippen LogP contribution is -2.28. The van der Waals surface area contributed by atoms with Crippen LogP contribution < -0.4 is 10.0 Å². The molecule has 0 fully saturated rings. The van der Waals surface area contributed by atoms with Gasteiger partial charge < -0.3 is 14.6 Å². The summed E-state index contributed by atoms with van der Waals surface area (Å²) in [5.41, 5.74) is 2.35. The number of hydrogen-bond donors (Lipinski definition) is 2. The molecule has 0 amide bonds. The van der Waals surface area contributed by atoms with Crippen molar-refractivity contribution in [2.45, 2.75) is 45.2 Å². The quantitative estimate of drug-likeness (QED) is 0.462. The number of sulfonamides is 1. The molecule has 0 aliphatic rings. The van der Waals surface area contributed by atoms with Crippen molar-refractivity contribution in [2.75, 3.05) is 18.5 Å². The fourth-order valence-electron chi connectivity index (χ4n) is 3.03. The summed E-state index contributed by atoms with van der Waals surface area (Å²) in [4.78, 5) is 13.4. The summed E-state index contributed by atoms with van der Waals surface area (Å²) in [5, 5.41) is 3.11. The third kappa shape index (κ3) is 5.87. The summed E-state index contributed by atoms with van der Waals surface area (Å²) < 4.78 is 34.7. The minimum absolute atomic E-state index is 0.0575. The normalized spacial score (nSPS) is 11.8. The number of benzene rings is 1. The number of nitrogens with zero attached hydrogens (tertiary/aromatic N) is 4. The first-order chi connectivity index (χ1) is 14.8. The third-order valence-electron chi connectivity index (χ3n) is 4.56. The van der Waals surface area contributed by atoms with Crippen LogP contribution in [0.25, 0.3) is 11.4 Å². The first kappa shape index (κ1) is 22.9. The third-order valence-corrected chi connectivity index (χ3v) is 6.03. The Morgan fingerprint density at radius 2 is 1.87 bits per heavy atom. The van der Waals surface area contributed by atoms with E-state index in [9.17, 15) is 8.42 Å². The fraction of sp³-hybridized carbons (Fsp3) is 0.381. The van der Waals surface area contributed by atoms with E-state index >= 15 is 0 Å². The zero-order valence-electron chi connectivity index (χ0n) is 18.2. The second-order valence-electron chi connectivity index (χ2n) is 7.17. The molecule has 0 saturated carbocycles. The minimum Gasteiger partial charge on any atom is -0.377 e. The zero-order valence-corrected chi connectivity index (χ0v) is 19.0. The monoisotopic (exact) mass is 444 g/mol. The largest absolute Gasteiger partial charge is 0.377 e. The van der Waals surface area contributed by atoms with Crippen LogP contribution >= 0.6 is 0 Å². The second kappa shape index (κ2) is 9.99. The molecular weight excluding hydrogens is 416 g/mol. The van der Waals surface area contributed by atoms with Crippen LogP contribution in [-0.4, -0.2) is 47.2 Å². The number of anilines is 2. The van der Waals surface area contributed by atoms with Crippen molar-refractivity contribution in [3.63, 3.8) is 0 Å². The van der Waals surface area contributed by atoms with Crippen LogP contribution in [0.15, 0.2) is 47.6 Å². The van der Waals surface area contributed by atoms with E-state index in [1.54, 1.807) is 24.5 Å². The van der Waals surface area contributed by atoms with Gasteiger partial charge in [-0.1, -0.05) is 0 Å². The highest BCUT2D eigenvalue weighted by atomic mass is 32.2. The Balaban J connectivity index is 1.69. The molecule has 2 N–H and O–H groups in total. The van der Waals surface area contributed by atoms with E-state index in [-0.39, 0.29) is 17.5 Å². The van der Waals surface area contributed by atoms with Crippen molar-refractivity contribution >= 4 is 21.7 Å². The molecule has 166 valence electrons. The maximum absolute atomic E-state index is 12.4. The number of ether oxygens (including phenoxy) is 1. The highest BCUT2D eigenvalue weighted by Crippen LogP contribution is 2.21. The maximum atomic E-state index is 12.4. The van der Waals surface area contributed by atoms with Gasteiger partial charge in [-0.15, -0.1) is 0 Å². The Kier molecular flexibility index (Phi) is 7.37. The van der Waals surface area contributed by atoms with E-state index in [0.29, 0.717) is 18.2 Å². The van der Waals surface area contributed by atoms with Gasteiger partial charge in [-0.3, -0.25) is 0 Å². The van der Waals surface area contributed by atoms with E-state index in [2.05, 4.69) is 36.5 Å². The van der Waals surface area contributed by atoms with Gasteiger partial charge in [-0.05, 0) is 58.0 Å². The molecule has 0 saturated heterocycles. The van der Waals surface area contributed by atoms with Gasteiger partial charge >= 0.3 is 0 Å². The zero-order chi connectivity index (χ0) is 22.4. The predicted molar refractivity (Wildman–Crippen MR) is 120 cm³/mol. The Bertz CT molecular complexity index is 1110. The molecule has 1 aromatic carbocycles. The highest BCUT2D eigenvalue weighted by molar-refractivity contribution is 7.89. The van der Waals surface area contributed by atoms with Crippen molar-refractivity contribution in [3.05, 3.63) is 48.5 Å². The molecule has 2 aromatic heterocycles. The van der Waals surface area contributed by atoms with Crippen LogP contribution in [-0.2, 0) is 21.3 Å². The van der Waals surface area contributed by atoms with E-state index in [0.717, 1.165) is 23.8 Å².